The lowest BCUT2D eigenvalue weighted by molar-refractivity contribution is -0.121. The van der Waals surface area contributed by atoms with Crippen LogP contribution in [0.5, 0.6) is 5.75 Å². The topological polar surface area (TPSA) is 67.9 Å². The van der Waals surface area contributed by atoms with Crippen molar-refractivity contribution in [3.8, 4) is 11.8 Å². The van der Waals surface area contributed by atoms with Crippen LogP contribution in [0.25, 0.3) is 0 Å². The summed E-state index contributed by atoms with van der Waals surface area (Å²) in [5, 5.41) is 14.4. The molecule has 0 N–H and O–H groups in total. The van der Waals surface area contributed by atoms with Crippen molar-refractivity contribution in [2.24, 2.45) is 18.9 Å². The molecule has 0 saturated carbocycles. The highest BCUT2D eigenvalue weighted by Gasteiger charge is 2.53. The lowest BCUT2D eigenvalue weighted by Crippen LogP contribution is -2.48. The number of ketones is 1. The van der Waals surface area contributed by atoms with Gasteiger partial charge in [-0.25, -0.2) is 0 Å². The summed E-state index contributed by atoms with van der Waals surface area (Å²) in [5.41, 5.74) is 2.89. The molecule has 0 fully saturated rings. The fourth-order valence-corrected chi connectivity index (χ4v) is 4.72. The van der Waals surface area contributed by atoms with Crippen LogP contribution in [0, 0.1) is 23.2 Å². The van der Waals surface area contributed by atoms with E-state index in [1.54, 1.807) is 7.11 Å². The molecule has 0 amide bonds. The van der Waals surface area contributed by atoms with E-state index in [0.717, 1.165) is 29.8 Å². The van der Waals surface area contributed by atoms with Gasteiger partial charge in [-0.05, 0) is 48.1 Å². The molecule has 2 aromatic rings. The number of carbonyl (C=O) groups excluding carboxylic acids is 1. The van der Waals surface area contributed by atoms with Gasteiger partial charge < -0.3 is 4.74 Å². The molecule has 0 aliphatic heterocycles. The Morgan fingerprint density at radius 2 is 2.08 bits per heavy atom. The standard InChI is InChI=1S/C21H21N3O2/c1-13-18-9-4-14-12-24(2)23-20(14)21(18,10-15(11-22)19(13)25)16-5-7-17(26-3)8-6-16/h5-8,10,12-13,18H,4,9H2,1-3H3/t13?,18?,21-/m1/s1. The largest absolute Gasteiger partial charge is 0.497 e. The molecule has 0 spiro atoms. The van der Waals surface area contributed by atoms with Crippen LogP contribution < -0.4 is 4.74 Å². The molecule has 5 nitrogen and oxygen atoms in total. The van der Waals surface area contributed by atoms with Crippen LogP contribution in [0.15, 0.2) is 42.1 Å². The summed E-state index contributed by atoms with van der Waals surface area (Å²) in [6.07, 6.45) is 5.72. The fourth-order valence-electron chi connectivity index (χ4n) is 4.72. The molecular weight excluding hydrogens is 326 g/mol. The highest BCUT2D eigenvalue weighted by Crippen LogP contribution is 2.53. The Hall–Kier alpha value is -2.87. The van der Waals surface area contributed by atoms with E-state index < -0.39 is 5.41 Å². The molecule has 5 heteroatoms. The average Bonchev–Trinajstić information content (AvgIpc) is 3.05. The quantitative estimate of drug-likeness (QED) is 0.838. The minimum atomic E-state index is -0.556. The molecule has 3 atom stereocenters. The first-order valence-corrected chi connectivity index (χ1v) is 8.86. The summed E-state index contributed by atoms with van der Waals surface area (Å²) < 4.78 is 7.14. The van der Waals surface area contributed by atoms with E-state index in [-0.39, 0.29) is 23.2 Å². The number of hydrogen-bond acceptors (Lipinski definition) is 4. The van der Waals surface area contributed by atoms with Gasteiger partial charge in [0.25, 0.3) is 0 Å². The van der Waals surface area contributed by atoms with E-state index in [1.807, 2.05) is 49.0 Å². The maximum Gasteiger partial charge on any atom is 0.176 e. The maximum absolute atomic E-state index is 12.7. The monoisotopic (exact) mass is 347 g/mol. The number of carbonyl (C=O) groups is 1. The number of hydrogen-bond donors (Lipinski definition) is 0. The number of nitriles is 1. The summed E-state index contributed by atoms with van der Waals surface area (Å²) in [6.45, 7) is 1.95. The minimum absolute atomic E-state index is 0.0546. The van der Waals surface area contributed by atoms with E-state index in [2.05, 4.69) is 12.3 Å². The number of fused-ring (bicyclic) bond motifs is 3. The van der Waals surface area contributed by atoms with E-state index in [1.165, 1.54) is 5.56 Å². The first kappa shape index (κ1) is 16.6. The highest BCUT2D eigenvalue weighted by atomic mass is 16.5. The van der Waals surface area contributed by atoms with E-state index in [0.29, 0.717) is 0 Å². The zero-order valence-corrected chi connectivity index (χ0v) is 15.2. The number of rotatable bonds is 2. The van der Waals surface area contributed by atoms with E-state index in [9.17, 15) is 10.1 Å². The molecule has 1 heterocycles. The van der Waals surface area contributed by atoms with Gasteiger partial charge in [-0.1, -0.05) is 19.1 Å². The number of nitrogens with zero attached hydrogens (tertiary/aromatic N) is 3. The average molecular weight is 347 g/mol. The Bertz CT molecular complexity index is 949. The molecular formula is C21H21N3O2. The second kappa shape index (κ2) is 5.84. The number of Topliss-reactive ketones (excluding diaryl/α,β-unsaturated/α-hetero) is 1. The molecule has 2 aliphatic carbocycles. The molecule has 1 aromatic heterocycles. The van der Waals surface area contributed by atoms with Crippen LogP contribution in [0.1, 0.15) is 30.2 Å². The summed E-state index contributed by atoms with van der Waals surface area (Å²) in [4.78, 5) is 12.7. The number of benzene rings is 1. The molecule has 2 unspecified atom stereocenters. The smallest absolute Gasteiger partial charge is 0.176 e. The number of aromatic nitrogens is 2. The molecule has 0 radical (unpaired) electrons. The third-order valence-electron chi connectivity index (χ3n) is 5.95. The van der Waals surface area contributed by atoms with Gasteiger partial charge in [-0.3, -0.25) is 9.48 Å². The van der Waals surface area contributed by atoms with Crippen LogP contribution in [0.4, 0.5) is 0 Å². The summed E-state index contributed by atoms with van der Waals surface area (Å²) in [6, 6.07) is 10.0. The molecule has 2 aliphatic rings. The van der Waals surface area contributed by atoms with Gasteiger partial charge in [0.2, 0.25) is 0 Å². The Morgan fingerprint density at radius 1 is 1.35 bits per heavy atom. The second-order valence-electron chi connectivity index (χ2n) is 7.24. The minimum Gasteiger partial charge on any atom is -0.497 e. The van der Waals surface area contributed by atoms with Gasteiger partial charge in [0.1, 0.15) is 11.8 Å². The molecule has 1 aromatic carbocycles. The van der Waals surface area contributed by atoms with Crippen LogP contribution in [-0.4, -0.2) is 22.7 Å². The van der Waals surface area contributed by atoms with Crippen molar-refractivity contribution >= 4 is 5.78 Å². The van der Waals surface area contributed by atoms with Crippen molar-refractivity contribution in [3.05, 3.63) is 58.9 Å². The number of methoxy groups -OCH3 is 1. The molecule has 0 bridgehead atoms. The van der Waals surface area contributed by atoms with Gasteiger partial charge in [0, 0.05) is 19.2 Å². The molecule has 4 rings (SSSR count). The van der Waals surface area contributed by atoms with Crippen molar-refractivity contribution in [1.82, 2.24) is 9.78 Å². The predicted molar refractivity (Wildman–Crippen MR) is 96.7 cm³/mol. The third kappa shape index (κ3) is 2.15. The molecule has 132 valence electrons. The Morgan fingerprint density at radius 3 is 2.73 bits per heavy atom. The fraction of sp³-hybridized carbons (Fsp3) is 0.381. The van der Waals surface area contributed by atoms with E-state index >= 15 is 0 Å². The van der Waals surface area contributed by atoms with Crippen LogP contribution in [-0.2, 0) is 23.7 Å². The molecule has 26 heavy (non-hydrogen) atoms. The summed E-state index contributed by atoms with van der Waals surface area (Å²) in [5.74, 6) is 0.596. The van der Waals surface area contributed by atoms with Crippen LogP contribution >= 0.6 is 0 Å². The lowest BCUT2D eigenvalue weighted by atomic mass is 9.54. The summed E-state index contributed by atoms with van der Waals surface area (Å²) >= 11 is 0. The third-order valence-corrected chi connectivity index (χ3v) is 5.95. The predicted octanol–water partition coefficient (Wildman–Crippen LogP) is 2.95. The van der Waals surface area contributed by atoms with Crippen molar-refractivity contribution in [2.45, 2.75) is 25.2 Å². The number of ether oxygens (including phenoxy) is 1. The summed E-state index contributed by atoms with van der Waals surface area (Å²) in [7, 11) is 3.56. The first-order chi connectivity index (χ1) is 12.5. The van der Waals surface area contributed by atoms with Crippen molar-refractivity contribution in [1.29, 1.82) is 5.26 Å². The first-order valence-electron chi connectivity index (χ1n) is 8.86. The molecule has 0 saturated heterocycles. The van der Waals surface area contributed by atoms with Crippen molar-refractivity contribution in [2.75, 3.05) is 7.11 Å². The van der Waals surface area contributed by atoms with Gasteiger partial charge in [0.15, 0.2) is 5.78 Å². The maximum atomic E-state index is 12.7. The number of allylic oxidation sites excluding steroid dienone is 2. The number of aryl methyl sites for hydroxylation is 2. The van der Waals surface area contributed by atoms with Crippen LogP contribution in [0.3, 0.4) is 0 Å². The van der Waals surface area contributed by atoms with Crippen molar-refractivity contribution in [3.63, 3.8) is 0 Å². The van der Waals surface area contributed by atoms with E-state index in [4.69, 9.17) is 9.84 Å². The zero-order chi connectivity index (χ0) is 18.5. The Kier molecular flexibility index (Phi) is 3.73. The Labute approximate surface area is 152 Å². The van der Waals surface area contributed by atoms with Gasteiger partial charge in [-0.15, -0.1) is 0 Å². The lowest BCUT2D eigenvalue weighted by Gasteiger charge is -2.46. The zero-order valence-electron chi connectivity index (χ0n) is 15.2. The van der Waals surface area contributed by atoms with Crippen molar-refractivity contribution < 1.29 is 9.53 Å². The van der Waals surface area contributed by atoms with Crippen LogP contribution in [0.2, 0.25) is 0 Å². The van der Waals surface area contributed by atoms with Gasteiger partial charge >= 0.3 is 0 Å². The van der Waals surface area contributed by atoms with Gasteiger partial charge in [0.05, 0.1) is 23.8 Å². The normalized spacial score (nSPS) is 27.2. The second-order valence-corrected chi connectivity index (χ2v) is 7.24. The van der Waals surface area contributed by atoms with Gasteiger partial charge in [-0.2, -0.15) is 10.4 Å². The SMILES string of the molecule is COc1ccc([C@]23C=C(C#N)C(=O)C(C)C2CCc2cn(C)nc23)cc1. The highest BCUT2D eigenvalue weighted by molar-refractivity contribution is 6.02. The Balaban J connectivity index is 2.04.